The Labute approximate surface area is 155 Å². The van der Waals surface area contributed by atoms with Crippen LogP contribution in [0.25, 0.3) is 0 Å². The van der Waals surface area contributed by atoms with Crippen LogP contribution in [-0.2, 0) is 9.47 Å². The molecule has 8 heteroatoms. The first kappa shape index (κ1) is 21.5. The van der Waals surface area contributed by atoms with E-state index in [-0.39, 0.29) is 23.3 Å². The second kappa shape index (κ2) is 8.21. The summed E-state index contributed by atoms with van der Waals surface area (Å²) in [5.41, 5.74) is -1.09. The van der Waals surface area contributed by atoms with Gasteiger partial charge in [-0.15, -0.1) is 0 Å². The number of rotatable bonds is 1. The van der Waals surface area contributed by atoms with Crippen LogP contribution in [0.1, 0.15) is 61.3 Å². The first-order chi connectivity index (χ1) is 11.3. The van der Waals surface area contributed by atoms with Crippen molar-refractivity contribution in [3.8, 4) is 0 Å². The van der Waals surface area contributed by atoms with Crippen LogP contribution >= 0.6 is 12.2 Å². The monoisotopic (exact) mass is 373 g/mol. The summed E-state index contributed by atoms with van der Waals surface area (Å²) in [6, 6.07) is 0.0987. The molecule has 0 spiro atoms. The molecule has 1 rings (SSSR count). The number of likely N-dealkylation sites (tertiary alicyclic amines) is 1. The summed E-state index contributed by atoms with van der Waals surface area (Å²) in [4.78, 5) is 25.7. The highest BCUT2D eigenvalue weighted by molar-refractivity contribution is 7.80. The fourth-order valence-electron chi connectivity index (χ4n) is 2.51. The molecule has 1 heterocycles. The van der Waals surface area contributed by atoms with E-state index in [4.69, 9.17) is 21.7 Å². The third-order valence-corrected chi connectivity index (χ3v) is 3.67. The quantitative estimate of drug-likeness (QED) is 0.687. The lowest BCUT2D eigenvalue weighted by atomic mass is 9.99. The zero-order chi connectivity index (χ0) is 19.4. The largest absolute Gasteiger partial charge is 0.444 e. The highest BCUT2D eigenvalue weighted by Gasteiger charge is 2.32. The number of carbonyl (C=O) groups excluding carboxylic acids is 2. The smallest absolute Gasteiger partial charge is 0.413 e. The predicted octanol–water partition coefficient (Wildman–Crippen LogP) is 3.17. The van der Waals surface area contributed by atoms with E-state index in [1.165, 1.54) is 0 Å². The SMILES string of the molecule is C[C@H]1C[C@@H](NC(=S)NC(=O)OC(C)(C)C)CCN1C(=O)OC(C)(C)C. The summed E-state index contributed by atoms with van der Waals surface area (Å²) < 4.78 is 10.6. The van der Waals surface area contributed by atoms with Gasteiger partial charge in [-0.1, -0.05) is 0 Å². The molecule has 0 aromatic carbocycles. The zero-order valence-corrected chi connectivity index (χ0v) is 17.1. The van der Waals surface area contributed by atoms with Gasteiger partial charge in [0.25, 0.3) is 0 Å². The number of nitrogens with zero attached hydrogens (tertiary/aromatic N) is 1. The third-order valence-electron chi connectivity index (χ3n) is 3.45. The molecule has 0 aromatic rings. The van der Waals surface area contributed by atoms with Crippen molar-refractivity contribution in [3.63, 3.8) is 0 Å². The molecule has 25 heavy (non-hydrogen) atoms. The fraction of sp³-hybridized carbons (Fsp3) is 0.824. The van der Waals surface area contributed by atoms with E-state index in [0.717, 1.165) is 12.8 Å². The molecular formula is C17H31N3O4S. The van der Waals surface area contributed by atoms with Crippen LogP contribution in [0, 0.1) is 0 Å². The second-order valence-electron chi connectivity index (χ2n) is 8.34. The van der Waals surface area contributed by atoms with Crippen molar-refractivity contribution < 1.29 is 19.1 Å². The van der Waals surface area contributed by atoms with E-state index in [9.17, 15) is 9.59 Å². The molecule has 0 saturated carbocycles. The van der Waals surface area contributed by atoms with Crippen molar-refractivity contribution in [1.82, 2.24) is 15.5 Å². The highest BCUT2D eigenvalue weighted by atomic mass is 32.1. The summed E-state index contributed by atoms with van der Waals surface area (Å²) in [5.74, 6) is 0. The molecule has 1 saturated heterocycles. The molecule has 2 atom stereocenters. The maximum absolute atomic E-state index is 12.2. The van der Waals surface area contributed by atoms with E-state index in [1.54, 1.807) is 25.7 Å². The average Bonchev–Trinajstić information content (AvgIpc) is 2.33. The minimum Gasteiger partial charge on any atom is -0.444 e. The van der Waals surface area contributed by atoms with Crippen LogP contribution in [-0.4, -0.2) is 52.0 Å². The number of hydrogen-bond acceptors (Lipinski definition) is 5. The van der Waals surface area contributed by atoms with Gasteiger partial charge in [-0.05, 0) is 73.5 Å². The molecule has 0 aliphatic carbocycles. The first-order valence-corrected chi connectivity index (χ1v) is 8.98. The van der Waals surface area contributed by atoms with Gasteiger partial charge in [0, 0.05) is 18.6 Å². The standard InChI is InChI=1S/C17H31N3O4S/c1-11-10-12(8-9-20(11)15(22)24-17(5,6)7)18-13(25)19-14(21)23-16(2,3)4/h11-12H,8-10H2,1-7H3,(H2,18,19,21,25)/t11-,12-/m0/s1. The maximum Gasteiger partial charge on any atom is 0.413 e. The van der Waals surface area contributed by atoms with Crippen LogP contribution in [0.4, 0.5) is 9.59 Å². The summed E-state index contributed by atoms with van der Waals surface area (Å²) >= 11 is 5.16. The summed E-state index contributed by atoms with van der Waals surface area (Å²) in [6.45, 7) is 13.5. The molecule has 1 aliphatic heterocycles. The number of alkyl carbamates (subject to hydrolysis) is 1. The topological polar surface area (TPSA) is 79.9 Å². The molecule has 0 bridgehead atoms. The van der Waals surface area contributed by atoms with Gasteiger partial charge in [0.15, 0.2) is 5.11 Å². The number of amides is 2. The lowest BCUT2D eigenvalue weighted by molar-refractivity contribution is 0.0100. The first-order valence-electron chi connectivity index (χ1n) is 8.57. The maximum atomic E-state index is 12.2. The lowest BCUT2D eigenvalue weighted by Crippen LogP contribution is -2.54. The predicted molar refractivity (Wildman–Crippen MR) is 101 cm³/mol. The molecule has 2 N–H and O–H groups in total. The minimum atomic E-state index is -0.579. The van der Waals surface area contributed by atoms with Crippen LogP contribution in [0.2, 0.25) is 0 Å². The van der Waals surface area contributed by atoms with Gasteiger partial charge in [-0.2, -0.15) is 0 Å². The summed E-state index contributed by atoms with van der Waals surface area (Å²) in [5, 5.41) is 5.87. The molecule has 1 aliphatic rings. The van der Waals surface area contributed by atoms with Crippen molar-refractivity contribution >= 4 is 29.5 Å². The van der Waals surface area contributed by atoms with Gasteiger partial charge in [0.05, 0.1) is 0 Å². The Morgan fingerprint density at radius 2 is 1.64 bits per heavy atom. The van der Waals surface area contributed by atoms with E-state index >= 15 is 0 Å². The van der Waals surface area contributed by atoms with E-state index < -0.39 is 17.3 Å². The van der Waals surface area contributed by atoms with Crippen molar-refractivity contribution in [1.29, 1.82) is 0 Å². The number of ether oxygens (including phenoxy) is 2. The number of carbonyl (C=O) groups is 2. The number of piperidine rings is 1. The van der Waals surface area contributed by atoms with Crippen molar-refractivity contribution in [2.24, 2.45) is 0 Å². The average molecular weight is 374 g/mol. The van der Waals surface area contributed by atoms with Crippen LogP contribution < -0.4 is 10.6 Å². The Balaban J connectivity index is 2.46. The van der Waals surface area contributed by atoms with Crippen molar-refractivity contribution in [2.75, 3.05) is 6.54 Å². The van der Waals surface area contributed by atoms with Crippen molar-refractivity contribution in [3.05, 3.63) is 0 Å². The van der Waals surface area contributed by atoms with E-state index in [1.807, 2.05) is 27.7 Å². The Hall–Kier alpha value is -1.57. The number of thiocarbonyl (C=S) groups is 1. The molecule has 0 aromatic heterocycles. The van der Waals surface area contributed by atoms with E-state index in [0.29, 0.717) is 6.54 Å². The molecule has 144 valence electrons. The summed E-state index contributed by atoms with van der Waals surface area (Å²) in [6.07, 6.45) is 0.562. The molecular weight excluding hydrogens is 342 g/mol. The van der Waals surface area contributed by atoms with Crippen LogP contribution in [0.15, 0.2) is 0 Å². The van der Waals surface area contributed by atoms with Crippen LogP contribution in [0.3, 0.4) is 0 Å². The van der Waals surface area contributed by atoms with Gasteiger partial charge in [0.2, 0.25) is 0 Å². The highest BCUT2D eigenvalue weighted by Crippen LogP contribution is 2.20. The number of hydrogen-bond donors (Lipinski definition) is 2. The van der Waals surface area contributed by atoms with Gasteiger partial charge in [-0.3, -0.25) is 5.32 Å². The Kier molecular flexibility index (Phi) is 7.05. The second-order valence-corrected chi connectivity index (χ2v) is 8.75. The Morgan fingerprint density at radius 1 is 1.08 bits per heavy atom. The van der Waals surface area contributed by atoms with Gasteiger partial charge >= 0.3 is 12.2 Å². The van der Waals surface area contributed by atoms with Gasteiger partial charge < -0.3 is 19.7 Å². The Morgan fingerprint density at radius 3 is 2.12 bits per heavy atom. The molecule has 2 amide bonds. The lowest BCUT2D eigenvalue weighted by Gasteiger charge is -2.38. The fourth-order valence-corrected chi connectivity index (χ4v) is 2.76. The van der Waals surface area contributed by atoms with E-state index in [2.05, 4.69) is 10.6 Å². The zero-order valence-electron chi connectivity index (χ0n) is 16.3. The third kappa shape index (κ3) is 8.38. The molecule has 0 unspecified atom stereocenters. The van der Waals surface area contributed by atoms with Gasteiger partial charge in [-0.25, -0.2) is 9.59 Å². The van der Waals surface area contributed by atoms with Gasteiger partial charge in [0.1, 0.15) is 11.2 Å². The Bertz CT molecular complexity index is 511. The molecule has 7 nitrogen and oxygen atoms in total. The number of nitrogens with one attached hydrogen (secondary N) is 2. The summed E-state index contributed by atoms with van der Waals surface area (Å²) in [7, 11) is 0. The normalized spacial score (nSPS) is 21.3. The molecule has 0 radical (unpaired) electrons. The minimum absolute atomic E-state index is 0.0189. The molecule has 1 fully saturated rings. The van der Waals surface area contributed by atoms with Crippen LogP contribution in [0.5, 0.6) is 0 Å². The van der Waals surface area contributed by atoms with Crippen molar-refractivity contribution in [2.45, 2.75) is 84.6 Å².